The van der Waals surface area contributed by atoms with Crippen molar-refractivity contribution in [2.45, 2.75) is 53.0 Å². The first-order valence-corrected chi connectivity index (χ1v) is 5.74. The average Bonchev–Trinajstić information content (AvgIpc) is 2.63. The van der Waals surface area contributed by atoms with Crippen molar-refractivity contribution in [2.24, 2.45) is 0 Å². The molecule has 0 bridgehead atoms. The molecule has 0 aliphatic heterocycles. The highest BCUT2D eigenvalue weighted by molar-refractivity contribution is 4.96. The second-order valence-electron chi connectivity index (χ2n) is 4.17. The van der Waals surface area contributed by atoms with Crippen molar-refractivity contribution in [3.8, 4) is 0 Å². The summed E-state index contributed by atoms with van der Waals surface area (Å²) >= 11 is 0. The van der Waals surface area contributed by atoms with Crippen molar-refractivity contribution >= 4 is 0 Å². The molecule has 3 nitrogen and oxygen atoms in total. The molecule has 0 unspecified atom stereocenters. The van der Waals surface area contributed by atoms with E-state index >= 15 is 0 Å². The van der Waals surface area contributed by atoms with Crippen LogP contribution >= 0.6 is 0 Å². The molecule has 84 valence electrons. The van der Waals surface area contributed by atoms with Crippen LogP contribution in [0.4, 0.5) is 0 Å². The van der Waals surface area contributed by atoms with Gasteiger partial charge in [0.25, 0.3) is 0 Å². The fourth-order valence-corrected chi connectivity index (χ4v) is 1.37. The van der Waals surface area contributed by atoms with Gasteiger partial charge in [-0.1, -0.05) is 36.6 Å². The first-order valence-electron chi connectivity index (χ1n) is 5.74. The van der Waals surface area contributed by atoms with Crippen LogP contribution in [-0.4, -0.2) is 15.0 Å². The Hall–Kier alpha value is -1.12. The monoisotopic (exact) mass is 207 g/mol. The zero-order valence-corrected chi connectivity index (χ0v) is 10.0. The molecular weight excluding hydrogens is 186 g/mol. The summed E-state index contributed by atoms with van der Waals surface area (Å²) in [6, 6.07) is 0. The van der Waals surface area contributed by atoms with Crippen LogP contribution in [0.15, 0.2) is 17.8 Å². The van der Waals surface area contributed by atoms with Gasteiger partial charge in [-0.2, -0.15) is 0 Å². The van der Waals surface area contributed by atoms with E-state index in [1.807, 2.05) is 4.68 Å². The number of allylic oxidation sites excluding steroid dienone is 2. The quantitative estimate of drug-likeness (QED) is 0.530. The standard InChI is InChI=1S/C12H21N3/c1-4-5-6-7-12-10-15(14-13-12)9-8-11(2)3/h8,10H,4-7,9H2,1-3H3. The van der Waals surface area contributed by atoms with Gasteiger partial charge in [-0.05, 0) is 26.7 Å². The van der Waals surface area contributed by atoms with Crippen LogP contribution in [0.2, 0.25) is 0 Å². The first-order chi connectivity index (χ1) is 7.22. The minimum atomic E-state index is 0.836. The Morgan fingerprint density at radius 1 is 1.40 bits per heavy atom. The fourth-order valence-electron chi connectivity index (χ4n) is 1.37. The van der Waals surface area contributed by atoms with Gasteiger partial charge in [-0.25, -0.2) is 4.68 Å². The molecule has 0 spiro atoms. The zero-order valence-electron chi connectivity index (χ0n) is 10.0. The third-order valence-electron chi connectivity index (χ3n) is 2.31. The maximum Gasteiger partial charge on any atom is 0.0827 e. The molecule has 0 aromatic carbocycles. The van der Waals surface area contributed by atoms with Crippen molar-refractivity contribution in [2.75, 3.05) is 0 Å². The molecule has 1 aromatic rings. The van der Waals surface area contributed by atoms with E-state index in [1.54, 1.807) is 0 Å². The van der Waals surface area contributed by atoms with Crippen molar-refractivity contribution < 1.29 is 0 Å². The average molecular weight is 207 g/mol. The zero-order chi connectivity index (χ0) is 11.1. The summed E-state index contributed by atoms with van der Waals surface area (Å²) in [5.41, 5.74) is 2.43. The van der Waals surface area contributed by atoms with Crippen molar-refractivity contribution in [3.05, 3.63) is 23.5 Å². The van der Waals surface area contributed by atoms with Gasteiger partial charge in [0.05, 0.1) is 12.2 Å². The molecule has 1 heterocycles. The normalized spacial score (nSPS) is 10.3. The molecule has 0 amide bonds. The van der Waals surface area contributed by atoms with Crippen LogP contribution in [0, 0.1) is 0 Å². The van der Waals surface area contributed by atoms with Crippen LogP contribution in [0.3, 0.4) is 0 Å². The van der Waals surface area contributed by atoms with E-state index < -0.39 is 0 Å². The Labute approximate surface area is 92.2 Å². The molecule has 0 radical (unpaired) electrons. The third-order valence-corrected chi connectivity index (χ3v) is 2.31. The Bertz CT molecular complexity index is 308. The highest BCUT2D eigenvalue weighted by Crippen LogP contribution is 2.03. The molecule has 0 aliphatic rings. The largest absolute Gasteiger partial charge is 0.248 e. The summed E-state index contributed by atoms with van der Waals surface area (Å²) in [6.45, 7) is 7.24. The van der Waals surface area contributed by atoms with Gasteiger partial charge in [0.15, 0.2) is 0 Å². The van der Waals surface area contributed by atoms with Crippen molar-refractivity contribution in [1.82, 2.24) is 15.0 Å². The van der Waals surface area contributed by atoms with Crippen LogP contribution in [0.25, 0.3) is 0 Å². The van der Waals surface area contributed by atoms with E-state index in [4.69, 9.17) is 0 Å². The lowest BCUT2D eigenvalue weighted by molar-refractivity contribution is 0.657. The van der Waals surface area contributed by atoms with E-state index in [9.17, 15) is 0 Å². The summed E-state index contributed by atoms with van der Waals surface area (Å²) in [6.07, 6.45) is 9.02. The van der Waals surface area contributed by atoms with E-state index in [2.05, 4.69) is 43.4 Å². The maximum atomic E-state index is 4.15. The number of rotatable bonds is 6. The van der Waals surface area contributed by atoms with Crippen LogP contribution < -0.4 is 0 Å². The Morgan fingerprint density at radius 3 is 2.87 bits per heavy atom. The van der Waals surface area contributed by atoms with Gasteiger partial charge >= 0.3 is 0 Å². The number of hydrogen-bond acceptors (Lipinski definition) is 2. The molecular formula is C12H21N3. The minimum absolute atomic E-state index is 0.836. The number of nitrogens with zero attached hydrogens (tertiary/aromatic N) is 3. The smallest absolute Gasteiger partial charge is 0.0827 e. The molecule has 1 rings (SSSR count). The van der Waals surface area contributed by atoms with Gasteiger partial charge in [-0.15, -0.1) is 5.10 Å². The molecule has 0 fully saturated rings. The van der Waals surface area contributed by atoms with Gasteiger partial charge in [-0.3, -0.25) is 0 Å². The minimum Gasteiger partial charge on any atom is -0.248 e. The maximum absolute atomic E-state index is 4.15. The highest BCUT2D eigenvalue weighted by atomic mass is 15.4. The first kappa shape index (κ1) is 12.0. The number of aromatic nitrogens is 3. The summed E-state index contributed by atoms with van der Waals surface area (Å²) in [7, 11) is 0. The van der Waals surface area contributed by atoms with Gasteiger partial charge in [0, 0.05) is 6.20 Å². The summed E-state index contributed by atoms with van der Waals surface area (Å²) < 4.78 is 1.90. The number of hydrogen-bond donors (Lipinski definition) is 0. The number of aryl methyl sites for hydroxylation is 1. The van der Waals surface area contributed by atoms with Gasteiger partial charge in [0.1, 0.15) is 0 Å². The topological polar surface area (TPSA) is 30.7 Å². The second-order valence-corrected chi connectivity index (χ2v) is 4.17. The molecule has 15 heavy (non-hydrogen) atoms. The Balaban J connectivity index is 2.38. The SMILES string of the molecule is CCCCCc1cn(CC=C(C)C)nn1. The lowest BCUT2D eigenvalue weighted by Crippen LogP contribution is -1.95. The molecule has 3 heteroatoms. The van der Waals surface area contributed by atoms with Crippen molar-refractivity contribution in [1.29, 1.82) is 0 Å². The molecule has 0 saturated heterocycles. The second kappa shape index (κ2) is 6.38. The molecule has 0 saturated carbocycles. The molecule has 0 aliphatic carbocycles. The molecule has 0 atom stereocenters. The predicted octanol–water partition coefficient (Wildman–Crippen LogP) is 2.98. The fraction of sp³-hybridized carbons (Fsp3) is 0.667. The summed E-state index contributed by atoms with van der Waals surface area (Å²) in [5.74, 6) is 0. The Morgan fingerprint density at radius 2 is 2.20 bits per heavy atom. The van der Waals surface area contributed by atoms with Gasteiger partial charge in [0.2, 0.25) is 0 Å². The van der Waals surface area contributed by atoms with E-state index in [0.29, 0.717) is 0 Å². The summed E-state index contributed by atoms with van der Waals surface area (Å²) in [5, 5.41) is 8.24. The van der Waals surface area contributed by atoms with E-state index in [0.717, 1.165) is 18.7 Å². The van der Waals surface area contributed by atoms with E-state index in [1.165, 1.54) is 24.8 Å². The number of unbranched alkanes of at least 4 members (excludes halogenated alkanes) is 2. The highest BCUT2D eigenvalue weighted by Gasteiger charge is 1.98. The van der Waals surface area contributed by atoms with E-state index in [-0.39, 0.29) is 0 Å². The van der Waals surface area contributed by atoms with Gasteiger partial charge < -0.3 is 0 Å². The third kappa shape index (κ3) is 4.77. The van der Waals surface area contributed by atoms with Crippen LogP contribution in [-0.2, 0) is 13.0 Å². The lowest BCUT2D eigenvalue weighted by atomic mass is 10.2. The molecule has 1 aromatic heterocycles. The van der Waals surface area contributed by atoms with Crippen LogP contribution in [0.5, 0.6) is 0 Å². The van der Waals surface area contributed by atoms with Crippen molar-refractivity contribution in [3.63, 3.8) is 0 Å². The van der Waals surface area contributed by atoms with Crippen LogP contribution in [0.1, 0.15) is 45.7 Å². The Kier molecular flexibility index (Phi) is 5.08. The predicted molar refractivity (Wildman–Crippen MR) is 62.7 cm³/mol. The summed E-state index contributed by atoms with van der Waals surface area (Å²) in [4.78, 5) is 0. The lowest BCUT2D eigenvalue weighted by Gasteiger charge is -1.94. The molecule has 0 N–H and O–H groups in total.